The molecule has 5 nitrogen and oxygen atoms in total. The van der Waals surface area contributed by atoms with E-state index in [0.29, 0.717) is 17.7 Å². The Balaban J connectivity index is 1.43. The van der Waals surface area contributed by atoms with E-state index in [4.69, 9.17) is 0 Å². The molecule has 2 fully saturated rings. The minimum absolute atomic E-state index is 0.103. The van der Waals surface area contributed by atoms with Gasteiger partial charge in [0, 0.05) is 45.5 Å². The molecule has 0 bridgehead atoms. The highest BCUT2D eigenvalue weighted by atomic mass is 19.1. The summed E-state index contributed by atoms with van der Waals surface area (Å²) in [7, 11) is 1.82. The molecule has 26 heavy (non-hydrogen) atoms. The number of amides is 1. The Hall–Kier alpha value is -2.21. The monoisotopic (exact) mass is 356 g/mol. The first-order valence-electron chi connectivity index (χ1n) is 9.37. The largest absolute Gasteiger partial charge is 0.334 e. The van der Waals surface area contributed by atoms with Crippen molar-refractivity contribution >= 4 is 5.91 Å². The van der Waals surface area contributed by atoms with Gasteiger partial charge in [-0.2, -0.15) is 5.10 Å². The number of aryl methyl sites for hydroxylation is 1. The number of aromatic nitrogens is 2. The van der Waals surface area contributed by atoms with Gasteiger partial charge in [0.1, 0.15) is 11.5 Å². The fourth-order valence-electron chi connectivity index (χ4n) is 4.45. The first-order chi connectivity index (χ1) is 12.6. The van der Waals surface area contributed by atoms with Crippen molar-refractivity contribution in [2.75, 3.05) is 19.6 Å². The number of carbonyl (C=O) groups is 1. The molecule has 0 radical (unpaired) electrons. The second-order valence-electron chi connectivity index (χ2n) is 7.46. The van der Waals surface area contributed by atoms with Crippen LogP contribution in [-0.4, -0.2) is 51.2 Å². The summed E-state index contributed by atoms with van der Waals surface area (Å²) in [6, 6.07) is 8.89. The second-order valence-corrected chi connectivity index (χ2v) is 7.46. The molecule has 0 aliphatic carbocycles. The number of hydrogen-bond acceptors (Lipinski definition) is 3. The van der Waals surface area contributed by atoms with Gasteiger partial charge < -0.3 is 4.90 Å². The predicted molar refractivity (Wildman–Crippen MR) is 97.1 cm³/mol. The molecule has 2 aliphatic heterocycles. The molecule has 1 amide bonds. The Morgan fingerprint density at radius 1 is 1.19 bits per heavy atom. The third-order valence-corrected chi connectivity index (χ3v) is 5.77. The molecule has 138 valence electrons. The van der Waals surface area contributed by atoms with Gasteiger partial charge in [0.15, 0.2) is 0 Å². The van der Waals surface area contributed by atoms with Gasteiger partial charge in [-0.05, 0) is 48.9 Å². The van der Waals surface area contributed by atoms with Crippen molar-refractivity contribution in [2.24, 2.45) is 13.0 Å². The number of carbonyl (C=O) groups excluding carboxylic acids is 1. The Morgan fingerprint density at radius 3 is 2.73 bits per heavy atom. The number of nitrogens with zero attached hydrogens (tertiary/aromatic N) is 4. The topological polar surface area (TPSA) is 41.4 Å². The summed E-state index contributed by atoms with van der Waals surface area (Å²) >= 11 is 0. The van der Waals surface area contributed by atoms with Gasteiger partial charge in [0.25, 0.3) is 5.91 Å². The first kappa shape index (κ1) is 17.2. The van der Waals surface area contributed by atoms with Crippen LogP contribution in [0.4, 0.5) is 4.39 Å². The van der Waals surface area contributed by atoms with Crippen molar-refractivity contribution in [2.45, 2.75) is 31.8 Å². The van der Waals surface area contributed by atoms with Crippen LogP contribution in [-0.2, 0) is 13.6 Å². The molecule has 0 saturated carbocycles. The fraction of sp³-hybridized carbons (Fsp3) is 0.500. The maximum Gasteiger partial charge on any atom is 0.272 e. The molecule has 2 aromatic rings. The first-order valence-corrected chi connectivity index (χ1v) is 9.37. The number of piperidine rings is 2. The van der Waals surface area contributed by atoms with Crippen LogP contribution in [0.25, 0.3) is 0 Å². The summed E-state index contributed by atoms with van der Waals surface area (Å²) in [5, 5.41) is 4.14. The highest BCUT2D eigenvalue weighted by Gasteiger charge is 2.38. The van der Waals surface area contributed by atoms with Crippen molar-refractivity contribution in [1.82, 2.24) is 19.6 Å². The lowest BCUT2D eigenvalue weighted by molar-refractivity contribution is 0.0177. The normalized spacial score (nSPS) is 23.7. The number of halogens is 1. The summed E-state index contributed by atoms with van der Waals surface area (Å²) in [5.74, 6) is 0.422. The highest BCUT2D eigenvalue weighted by Crippen LogP contribution is 2.32. The summed E-state index contributed by atoms with van der Waals surface area (Å²) in [6.45, 7) is 3.65. The number of fused-ring (bicyclic) bond motifs is 1. The van der Waals surface area contributed by atoms with E-state index in [0.717, 1.165) is 44.6 Å². The summed E-state index contributed by atoms with van der Waals surface area (Å²) in [4.78, 5) is 17.5. The van der Waals surface area contributed by atoms with Gasteiger partial charge in [-0.1, -0.05) is 12.1 Å². The Bertz CT molecular complexity index is 772. The Kier molecular flexibility index (Phi) is 4.76. The van der Waals surface area contributed by atoms with Crippen LogP contribution in [0.5, 0.6) is 0 Å². The predicted octanol–water partition coefficient (Wildman–Crippen LogP) is 2.69. The Morgan fingerprint density at radius 2 is 2.00 bits per heavy atom. The van der Waals surface area contributed by atoms with Crippen LogP contribution in [0.15, 0.2) is 36.5 Å². The summed E-state index contributed by atoms with van der Waals surface area (Å²) in [6.07, 6.45) is 4.89. The standard InChI is InChI=1S/C20H25FN4O/c1-23-19(8-10-22-23)20(26)25-11-2-3-16-14-24(12-9-18(16)25)13-15-4-6-17(21)7-5-15/h4-8,10,16,18H,2-3,9,11-14H2,1H3/t16-,18-/m1/s1. The van der Waals surface area contributed by atoms with Gasteiger partial charge >= 0.3 is 0 Å². The SMILES string of the molecule is Cn1nccc1C(=O)N1CCC[C@@H]2CN(Cc3ccc(F)cc3)CC[C@H]21. The molecule has 3 heterocycles. The molecular formula is C20H25FN4O. The highest BCUT2D eigenvalue weighted by molar-refractivity contribution is 5.92. The van der Waals surface area contributed by atoms with Crippen LogP contribution in [0, 0.1) is 11.7 Å². The lowest BCUT2D eigenvalue weighted by Crippen LogP contribution is -2.55. The smallest absolute Gasteiger partial charge is 0.272 e. The average Bonchev–Trinajstić information content (AvgIpc) is 3.08. The number of hydrogen-bond donors (Lipinski definition) is 0. The van der Waals surface area contributed by atoms with Crippen molar-refractivity contribution < 1.29 is 9.18 Å². The van der Waals surface area contributed by atoms with Crippen LogP contribution in [0.3, 0.4) is 0 Å². The maximum absolute atomic E-state index is 13.1. The van der Waals surface area contributed by atoms with E-state index in [2.05, 4.69) is 14.9 Å². The lowest BCUT2D eigenvalue weighted by atomic mass is 9.83. The van der Waals surface area contributed by atoms with Gasteiger partial charge in [-0.25, -0.2) is 4.39 Å². The second kappa shape index (κ2) is 7.19. The molecule has 4 rings (SSSR count). The molecule has 1 aromatic carbocycles. The van der Waals surface area contributed by atoms with Crippen molar-refractivity contribution in [1.29, 1.82) is 0 Å². The van der Waals surface area contributed by atoms with E-state index < -0.39 is 0 Å². The molecular weight excluding hydrogens is 331 g/mol. The molecule has 0 unspecified atom stereocenters. The van der Waals surface area contributed by atoms with Gasteiger partial charge in [-0.15, -0.1) is 0 Å². The molecule has 2 aliphatic rings. The Labute approximate surface area is 153 Å². The third-order valence-electron chi connectivity index (χ3n) is 5.77. The number of benzene rings is 1. The van der Waals surface area contributed by atoms with E-state index in [9.17, 15) is 9.18 Å². The number of rotatable bonds is 3. The van der Waals surface area contributed by atoms with Gasteiger partial charge in [0.2, 0.25) is 0 Å². The summed E-state index contributed by atoms with van der Waals surface area (Å²) in [5.41, 5.74) is 1.81. The van der Waals surface area contributed by atoms with Crippen molar-refractivity contribution in [3.63, 3.8) is 0 Å². The van der Waals surface area contributed by atoms with Crippen molar-refractivity contribution in [3.05, 3.63) is 53.6 Å². The third kappa shape index (κ3) is 3.38. The van der Waals surface area contributed by atoms with E-state index in [1.807, 2.05) is 19.2 Å². The number of likely N-dealkylation sites (tertiary alicyclic amines) is 2. The molecule has 6 heteroatoms. The molecule has 0 N–H and O–H groups in total. The fourth-order valence-corrected chi connectivity index (χ4v) is 4.45. The minimum Gasteiger partial charge on any atom is -0.334 e. The molecule has 2 atom stereocenters. The zero-order valence-electron chi connectivity index (χ0n) is 15.1. The van der Waals surface area contributed by atoms with Gasteiger partial charge in [0.05, 0.1) is 0 Å². The van der Waals surface area contributed by atoms with E-state index in [1.54, 1.807) is 16.9 Å². The van der Waals surface area contributed by atoms with Crippen LogP contribution in [0.2, 0.25) is 0 Å². The van der Waals surface area contributed by atoms with Gasteiger partial charge in [-0.3, -0.25) is 14.4 Å². The molecule has 1 aromatic heterocycles. The lowest BCUT2D eigenvalue weighted by Gasteiger charge is -2.47. The summed E-state index contributed by atoms with van der Waals surface area (Å²) < 4.78 is 14.8. The van der Waals surface area contributed by atoms with Crippen LogP contribution in [0.1, 0.15) is 35.3 Å². The van der Waals surface area contributed by atoms with E-state index in [1.165, 1.54) is 18.6 Å². The van der Waals surface area contributed by atoms with E-state index in [-0.39, 0.29) is 11.7 Å². The molecule has 0 spiro atoms. The van der Waals surface area contributed by atoms with E-state index >= 15 is 0 Å². The average molecular weight is 356 g/mol. The molecule has 2 saturated heterocycles. The quantitative estimate of drug-likeness (QED) is 0.849. The zero-order valence-corrected chi connectivity index (χ0v) is 15.1. The van der Waals surface area contributed by atoms with Crippen molar-refractivity contribution in [3.8, 4) is 0 Å². The van der Waals surface area contributed by atoms with Crippen LogP contribution >= 0.6 is 0 Å². The van der Waals surface area contributed by atoms with Crippen LogP contribution < -0.4 is 0 Å². The zero-order chi connectivity index (χ0) is 18.1. The maximum atomic E-state index is 13.1. The minimum atomic E-state index is -0.191.